The number of carbonyl (C=O) groups is 1. The van der Waals surface area contributed by atoms with E-state index in [1.165, 1.54) is 6.42 Å². The second-order valence-corrected chi connectivity index (χ2v) is 6.18. The van der Waals surface area contributed by atoms with Gasteiger partial charge >= 0.3 is 0 Å². The first kappa shape index (κ1) is 15.5. The van der Waals surface area contributed by atoms with Gasteiger partial charge in [0.15, 0.2) is 0 Å². The molecule has 106 valence electrons. The van der Waals surface area contributed by atoms with Crippen molar-refractivity contribution >= 4 is 5.91 Å². The summed E-state index contributed by atoms with van der Waals surface area (Å²) >= 11 is 0. The highest BCUT2D eigenvalue weighted by atomic mass is 16.2. The van der Waals surface area contributed by atoms with E-state index in [9.17, 15) is 4.79 Å². The molecule has 0 aromatic heterocycles. The van der Waals surface area contributed by atoms with E-state index in [2.05, 4.69) is 26.1 Å². The van der Waals surface area contributed by atoms with Crippen molar-refractivity contribution in [2.24, 2.45) is 11.8 Å². The summed E-state index contributed by atoms with van der Waals surface area (Å²) in [6.45, 7) is 12.6. The van der Waals surface area contributed by atoms with E-state index in [0.29, 0.717) is 23.9 Å². The molecule has 0 saturated carbocycles. The molecule has 1 fully saturated rings. The second kappa shape index (κ2) is 7.13. The van der Waals surface area contributed by atoms with Crippen LogP contribution in [-0.4, -0.2) is 36.0 Å². The molecule has 0 aliphatic carbocycles. The minimum absolute atomic E-state index is 0.133. The predicted molar refractivity (Wildman–Crippen MR) is 76.5 cm³/mol. The first-order chi connectivity index (χ1) is 8.45. The Labute approximate surface area is 112 Å². The molecule has 3 nitrogen and oxygen atoms in total. The van der Waals surface area contributed by atoms with E-state index < -0.39 is 0 Å². The Morgan fingerprint density at radius 2 is 1.78 bits per heavy atom. The summed E-state index contributed by atoms with van der Waals surface area (Å²) in [5.74, 6) is 1.13. The predicted octanol–water partition coefficient (Wildman–Crippen LogP) is 2.66. The van der Waals surface area contributed by atoms with Crippen molar-refractivity contribution in [3.63, 3.8) is 0 Å². The molecule has 1 aliphatic rings. The molecule has 0 radical (unpaired) electrons. The third-order valence-electron chi connectivity index (χ3n) is 3.99. The fourth-order valence-electron chi connectivity index (χ4n) is 2.72. The van der Waals surface area contributed by atoms with Crippen LogP contribution in [0.1, 0.15) is 53.9 Å². The van der Waals surface area contributed by atoms with Gasteiger partial charge in [-0.3, -0.25) is 4.79 Å². The minimum Gasteiger partial charge on any atom is -0.342 e. The Kier molecular flexibility index (Phi) is 6.13. The molecule has 1 rings (SSSR count). The summed E-state index contributed by atoms with van der Waals surface area (Å²) in [6, 6.07) is 1.20. The number of nitrogens with one attached hydrogen (secondary N) is 1. The van der Waals surface area contributed by atoms with Crippen LogP contribution in [0.4, 0.5) is 0 Å². The number of hydrogen-bond acceptors (Lipinski definition) is 2. The van der Waals surface area contributed by atoms with Crippen molar-refractivity contribution in [3.05, 3.63) is 0 Å². The highest BCUT2D eigenvalue weighted by molar-refractivity contribution is 5.78. The average Bonchev–Trinajstić information content (AvgIpc) is 2.35. The van der Waals surface area contributed by atoms with Crippen molar-refractivity contribution in [3.8, 4) is 0 Å². The van der Waals surface area contributed by atoms with Gasteiger partial charge in [-0.05, 0) is 25.2 Å². The standard InChI is InChI=1S/C15H30N2O/c1-6-14(11(2)3)16-13-7-9-17(10-8-13)15(18)12(4)5/h11-14,16H,6-10H2,1-5H3. The Morgan fingerprint density at radius 1 is 1.22 bits per heavy atom. The third-order valence-corrected chi connectivity index (χ3v) is 3.99. The minimum atomic E-state index is 0.133. The number of hydrogen-bond donors (Lipinski definition) is 1. The molecule has 0 aromatic rings. The molecule has 1 unspecified atom stereocenters. The van der Waals surface area contributed by atoms with Crippen LogP contribution in [0, 0.1) is 11.8 Å². The molecule has 0 spiro atoms. The molecule has 18 heavy (non-hydrogen) atoms. The van der Waals surface area contributed by atoms with Gasteiger partial charge in [-0.25, -0.2) is 0 Å². The Hall–Kier alpha value is -0.570. The van der Waals surface area contributed by atoms with Crippen molar-refractivity contribution < 1.29 is 4.79 Å². The molecule has 1 aliphatic heterocycles. The van der Waals surface area contributed by atoms with Crippen LogP contribution in [0.2, 0.25) is 0 Å². The lowest BCUT2D eigenvalue weighted by molar-refractivity contribution is -0.135. The largest absolute Gasteiger partial charge is 0.342 e. The average molecular weight is 254 g/mol. The first-order valence-corrected chi connectivity index (χ1v) is 7.50. The summed E-state index contributed by atoms with van der Waals surface area (Å²) in [7, 11) is 0. The SMILES string of the molecule is CCC(NC1CCN(C(=O)C(C)C)CC1)C(C)C. The zero-order valence-electron chi connectivity index (χ0n) is 12.7. The molecule has 3 heteroatoms. The molecule has 1 heterocycles. The number of nitrogens with zero attached hydrogens (tertiary/aromatic N) is 1. The lowest BCUT2D eigenvalue weighted by Crippen LogP contribution is -2.49. The zero-order valence-corrected chi connectivity index (χ0v) is 12.7. The maximum atomic E-state index is 11.9. The highest BCUT2D eigenvalue weighted by Crippen LogP contribution is 2.16. The summed E-state index contributed by atoms with van der Waals surface area (Å²) in [4.78, 5) is 13.9. The van der Waals surface area contributed by atoms with Crippen LogP contribution in [0.3, 0.4) is 0 Å². The van der Waals surface area contributed by atoms with Crippen LogP contribution < -0.4 is 5.32 Å². The summed E-state index contributed by atoms with van der Waals surface area (Å²) in [5, 5.41) is 3.76. The van der Waals surface area contributed by atoms with Crippen LogP contribution in [0.15, 0.2) is 0 Å². The normalized spacial score (nSPS) is 19.6. The van der Waals surface area contributed by atoms with Gasteiger partial charge < -0.3 is 10.2 Å². The molecular formula is C15H30N2O. The molecule has 1 amide bonds. The maximum Gasteiger partial charge on any atom is 0.225 e. The second-order valence-electron chi connectivity index (χ2n) is 6.18. The van der Waals surface area contributed by atoms with Crippen molar-refractivity contribution in [1.82, 2.24) is 10.2 Å². The molecule has 1 atom stereocenters. The molecular weight excluding hydrogens is 224 g/mol. The summed E-state index contributed by atoms with van der Waals surface area (Å²) < 4.78 is 0. The smallest absolute Gasteiger partial charge is 0.225 e. The lowest BCUT2D eigenvalue weighted by Gasteiger charge is -2.36. The van der Waals surface area contributed by atoms with Crippen LogP contribution in [0.5, 0.6) is 0 Å². The number of carbonyl (C=O) groups excluding carboxylic acids is 1. The quantitative estimate of drug-likeness (QED) is 0.818. The molecule has 0 bridgehead atoms. The lowest BCUT2D eigenvalue weighted by atomic mass is 9.97. The van der Waals surface area contributed by atoms with Crippen molar-refractivity contribution in [1.29, 1.82) is 0 Å². The van der Waals surface area contributed by atoms with Crippen LogP contribution >= 0.6 is 0 Å². The van der Waals surface area contributed by atoms with E-state index in [-0.39, 0.29) is 5.92 Å². The van der Waals surface area contributed by atoms with Crippen LogP contribution in [0.25, 0.3) is 0 Å². The number of rotatable bonds is 5. The Bertz CT molecular complexity index is 255. The Morgan fingerprint density at radius 3 is 2.17 bits per heavy atom. The van der Waals surface area contributed by atoms with E-state index >= 15 is 0 Å². The fourth-order valence-corrected chi connectivity index (χ4v) is 2.72. The van der Waals surface area contributed by atoms with Gasteiger partial charge in [0.2, 0.25) is 5.91 Å². The van der Waals surface area contributed by atoms with Gasteiger partial charge in [-0.1, -0.05) is 34.6 Å². The molecule has 1 N–H and O–H groups in total. The summed E-state index contributed by atoms with van der Waals surface area (Å²) in [5.41, 5.74) is 0. The highest BCUT2D eigenvalue weighted by Gasteiger charge is 2.25. The van der Waals surface area contributed by atoms with Crippen molar-refractivity contribution in [2.45, 2.75) is 66.0 Å². The van der Waals surface area contributed by atoms with E-state index in [4.69, 9.17) is 0 Å². The third kappa shape index (κ3) is 4.27. The van der Waals surface area contributed by atoms with E-state index in [1.54, 1.807) is 0 Å². The molecule has 1 saturated heterocycles. The van der Waals surface area contributed by atoms with Gasteiger partial charge in [0.1, 0.15) is 0 Å². The number of piperidine rings is 1. The number of amides is 1. The van der Waals surface area contributed by atoms with Gasteiger partial charge in [0, 0.05) is 31.1 Å². The van der Waals surface area contributed by atoms with E-state index in [0.717, 1.165) is 25.9 Å². The molecule has 0 aromatic carbocycles. The van der Waals surface area contributed by atoms with Gasteiger partial charge in [-0.15, -0.1) is 0 Å². The van der Waals surface area contributed by atoms with E-state index in [1.807, 2.05) is 18.7 Å². The number of likely N-dealkylation sites (tertiary alicyclic amines) is 1. The van der Waals surface area contributed by atoms with Gasteiger partial charge in [-0.2, -0.15) is 0 Å². The van der Waals surface area contributed by atoms with Crippen LogP contribution in [-0.2, 0) is 4.79 Å². The summed E-state index contributed by atoms with van der Waals surface area (Å²) in [6.07, 6.45) is 3.38. The monoisotopic (exact) mass is 254 g/mol. The topological polar surface area (TPSA) is 32.3 Å². The van der Waals surface area contributed by atoms with Gasteiger partial charge in [0.05, 0.1) is 0 Å². The van der Waals surface area contributed by atoms with Gasteiger partial charge in [0.25, 0.3) is 0 Å². The fraction of sp³-hybridized carbons (Fsp3) is 0.933. The Balaban J connectivity index is 2.37. The zero-order chi connectivity index (χ0) is 13.7. The maximum absolute atomic E-state index is 11.9. The van der Waals surface area contributed by atoms with Crippen molar-refractivity contribution in [2.75, 3.05) is 13.1 Å². The first-order valence-electron chi connectivity index (χ1n) is 7.50.